The lowest BCUT2D eigenvalue weighted by Gasteiger charge is -2.18. The van der Waals surface area contributed by atoms with Crippen molar-refractivity contribution >= 4 is 17.3 Å². The number of pyridine rings is 1. The first-order valence-corrected chi connectivity index (χ1v) is 10.1. The van der Waals surface area contributed by atoms with Crippen LogP contribution in [-0.4, -0.2) is 48.3 Å². The SMILES string of the molecule is CNCCCOCCCc1cc(-c2nc(C(=O)OC(C)(C)C)cs2)ccn1. The molecule has 7 heteroatoms. The predicted octanol–water partition coefficient (Wildman–Crippen LogP) is 3.72. The maximum atomic E-state index is 12.1. The Morgan fingerprint density at radius 1 is 1.26 bits per heavy atom. The van der Waals surface area contributed by atoms with Crippen molar-refractivity contribution in [3.8, 4) is 10.6 Å². The van der Waals surface area contributed by atoms with E-state index in [1.165, 1.54) is 11.3 Å². The van der Waals surface area contributed by atoms with E-state index in [0.717, 1.165) is 55.3 Å². The lowest BCUT2D eigenvalue weighted by Crippen LogP contribution is -2.24. The zero-order chi connectivity index (χ0) is 19.7. The lowest BCUT2D eigenvalue weighted by atomic mass is 10.1. The lowest BCUT2D eigenvalue weighted by molar-refractivity contribution is 0.00638. The molecule has 1 N–H and O–H groups in total. The third-order valence-corrected chi connectivity index (χ3v) is 4.50. The van der Waals surface area contributed by atoms with Crippen LogP contribution in [0, 0.1) is 0 Å². The highest BCUT2D eigenvalue weighted by molar-refractivity contribution is 7.13. The Balaban J connectivity index is 1.89. The van der Waals surface area contributed by atoms with E-state index < -0.39 is 11.6 Å². The van der Waals surface area contributed by atoms with Gasteiger partial charge in [0.2, 0.25) is 0 Å². The van der Waals surface area contributed by atoms with Crippen LogP contribution in [0.5, 0.6) is 0 Å². The largest absolute Gasteiger partial charge is 0.455 e. The Hall–Kier alpha value is -1.83. The van der Waals surface area contributed by atoms with Crippen molar-refractivity contribution in [3.05, 3.63) is 35.1 Å². The number of thiazole rings is 1. The first kappa shape index (κ1) is 21.5. The smallest absolute Gasteiger partial charge is 0.358 e. The third kappa shape index (κ3) is 7.74. The molecule has 0 aliphatic rings. The van der Waals surface area contributed by atoms with Crippen molar-refractivity contribution in [2.75, 3.05) is 26.8 Å². The third-order valence-electron chi connectivity index (χ3n) is 3.61. The summed E-state index contributed by atoms with van der Waals surface area (Å²) in [5.74, 6) is -0.394. The van der Waals surface area contributed by atoms with Gasteiger partial charge in [-0.3, -0.25) is 4.98 Å². The average molecular weight is 392 g/mol. The number of aryl methyl sites for hydroxylation is 1. The van der Waals surface area contributed by atoms with E-state index in [1.54, 1.807) is 11.6 Å². The van der Waals surface area contributed by atoms with Gasteiger partial charge in [0.05, 0.1) is 0 Å². The van der Waals surface area contributed by atoms with E-state index in [1.807, 2.05) is 40.0 Å². The quantitative estimate of drug-likeness (QED) is 0.491. The number of carbonyl (C=O) groups is 1. The molecule has 27 heavy (non-hydrogen) atoms. The zero-order valence-electron chi connectivity index (χ0n) is 16.6. The van der Waals surface area contributed by atoms with Crippen LogP contribution in [0.2, 0.25) is 0 Å². The molecule has 0 saturated heterocycles. The maximum Gasteiger partial charge on any atom is 0.358 e. The standard InChI is InChI=1S/C20H29N3O3S/c1-20(2,3)26-19(24)17-14-27-18(23-17)15-8-10-22-16(13-15)7-5-11-25-12-6-9-21-4/h8,10,13-14,21H,5-7,9,11-12H2,1-4H3. The van der Waals surface area contributed by atoms with Gasteiger partial charge in [0, 0.05) is 36.0 Å². The summed E-state index contributed by atoms with van der Waals surface area (Å²) in [6, 6.07) is 3.94. The Labute approximate surface area is 165 Å². The van der Waals surface area contributed by atoms with Gasteiger partial charge >= 0.3 is 5.97 Å². The maximum absolute atomic E-state index is 12.1. The topological polar surface area (TPSA) is 73.3 Å². The fourth-order valence-electron chi connectivity index (χ4n) is 2.39. The molecule has 2 rings (SSSR count). The normalized spacial score (nSPS) is 11.6. The molecule has 0 aromatic carbocycles. The highest BCUT2D eigenvalue weighted by Gasteiger charge is 2.20. The van der Waals surface area contributed by atoms with E-state index in [4.69, 9.17) is 9.47 Å². The van der Waals surface area contributed by atoms with Crippen molar-refractivity contribution in [1.29, 1.82) is 0 Å². The van der Waals surface area contributed by atoms with Gasteiger partial charge in [0.25, 0.3) is 0 Å². The molecule has 0 radical (unpaired) electrons. The number of hydrogen-bond donors (Lipinski definition) is 1. The molecule has 148 valence electrons. The molecule has 0 fully saturated rings. The van der Waals surface area contributed by atoms with Gasteiger partial charge in [-0.2, -0.15) is 0 Å². The summed E-state index contributed by atoms with van der Waals surface area (Å²) < 4.78 is 11.0. The van der Waals surface area contributed by atoms with Crippen LogP contribution < -0.4 is 5.32 Å². The summed E-state index contributed by atoms with van der Waals surface area (Å²) in [5, 5.41) is 5.63. The minimum Gasteiger partial charge on any atom is -0.455 e. The molecule has 0 amide bonds. The van der Waals surface area contributed by atoms with Gasteiger partial charge in [-0.05, 0) is 65.8 Å². The second kappa shape index (κ2) is 10.5. The fraction of sp³-hybridized carbons (Fsp3) is 0.550. The zero-order valence-corrected chi connectivity index (χ0v) is 17.4. The molecule has 0 bridgehead atoms. The number of esters is 1. The van der Waals surface area contributed by atoms with E-state index in [0.29, 0.717) is 5.69 Å². The second-order valence-electron chi connectivity index (χ2n) is 7.25. The van der Waals surface area contributed by atoms with Crippen molar-refractivity contribution in [1.82, 2.24) is 15.3 Å². The summed E-state index contributed by atoms with van der Waals surface area (Å²) in [5.41, 5.74) is 1.79. The van der Waals surface area contributed by atoms with Gasteiger partial charge in [0.15, 0.2) is 5.69 Å². The molecule has 0 spiro atoms. The van der Waals surface area contributed by atoms with Crippen LogP contribution in [0.15, 0.2) is 23.7 Å². The Kier molecular flexibility index (Phi) is 8.34. The molecular formula is C20H29N3O3S. The summed E-state index contributed by atoms with van der Waals surface area (Å²) >= 11 is 1.43. The van der Waals surface area contributed by atoms with Gasteiger partial charge in [0.1, 0.15) is 10.6 Å². The molecule has 0 saturated carbocycles. The highest BCUT2D eigenvalue weighted by atomic mass is 32.1. The van der Waals surface area contributed by atoms with E-state index >= 15 is 0 Å². The average Bonchev–Trinajstić information content (AvgIpc) is 3.10. The molecule has 0 aliphatic carbocycles. The summed E-state index contributed by atoms with van der Waals surface area (Å²) in [6.07, 6.45) is 4.59. The van der Waals surface area contributed by atoms with E-state index in [2.05, 4.69) is 15.3 Å². The van der Waals surface area contributed by atoms with Gasteiger partial charge in [-0.25, -0.2) is 9.78 Å². The van der Waals surface area contributed by atoms with Crippen molar-refractivity contribution in [2.45, 2.75) is 45.6 Å². The van der Waals surface area contributed by atoms with Crippen LogP contribution in [-0.2, 0) is 15.9 Å². The van der Waals surface area contributed by atoms with Gasteiger partial charge in [-0.15, -0.1) is 11.3 Å². The summed E-state index contributed by atoms with van der Waals surface area (Å²) in [7, 11) is 1.94. The highest BCUT2D eigenvalue weighted by Crippen LogP contribution is 2.25. The first-order valence-electron chi connectivity index (χ1n) is 9.25. The van der Waals surface area contributed by atoms with Crippen LogP contribution in [0.1, 0.15) is 49.8 Å². The Morgan fingerprint density at radius 3 is 2.78 bits per heavy atom. The summed E-state index contributed by atoms with van der Waals surface area (Å²) in [6.45, 7) is 8.02. The van der Waals surface area contributed by atoms with Gasteiger partial charge < -0.3 is 14.8 Å². The Morgan fingerprint density at radius 2 is 2.04 bits per heavy atom. The van der Waals surface area contributed by atoms with Crippen LogP contribution in [0.25, 0.3) is 10.6 Å². The minimum atomic E-state index is -0.528. The molecule has 2 aromatic rings. The van der Waals surface area contributed by atoms with Crippen molar-refractivity contribution < 1.29 is 14.3 Å². The molecule has 0 atom stereocenters. The molecule has 2 heterocycles. The minimum absolute atomic E-state index is 0.346. The number of carbonyl (C=O) groups excluding carboxylic acids is 1. The van der Waals surface area contributed by atoms with E-state index in [-0.39, 0.29) is 0 Å². The number of nitrogens with zero attached hydrogens (tertiary/aromatic N) is 2. The van der Waals surface area contributed by atoms with Crippen LogP contribution in [0.3, 0.4) is 0 Å². The number of rotatable bonds is 10. The van der Waals surface area contributed by atoms with E-state index in [9.17, 15) is 4.79 Å². The number of ether oxygens (including phenoxy) is 2. The van der Waals surface area contributed by atoms with Crippen molar-refractivity contribution in [2.24, 2.45) is 0 Å². The molecule has 6 nitrogen and oxygen atoms in total. The predicted molar refractivity (Wildman–Crippen MR) is 108 cm³/mol. The van der Waals surface area contributed by atoms with Crippen LogP contribution in [0.4, 0.5) is 0 Å². The fourth-order valence-corrected chi connectivity index (χ4v) is 3.17. The first-order chi connectivity index (χ1) is 12.9. The number of nitrogens with one attached hydrogen (secondary N) is 1. The molecule has 0 aliphatic heterocycles. The monoisotopic (exact) mass is 391 g/mol. The van der Waals surface area contributed by atoms with Gasteiger partial charge in [-0.1, -0.05) is 0 Å². The van der Waals surface area contributed by atoms with Crippen LogP contribution >= 0.6 is 11.3 Å². The van der Waals surface area contributed by atoms with Crippen molar-refractivity contribution in [3.63, 3.8) is 0 Å². The number of hydrogen-bond acceptors (Lipinski definition) is 7. The Bertz CT molecular complexity index is 725. The number of aromatic nitrogens is 2. The molecule has 2 aromatic heterocycles. The second-order valence-corrected chi connectivity index (χ2v) is 8.11. The summed E-state index contributed by atoms with van der Waals surface area (Å²) in [4.78, 5) is 21.0. The molecule has 0 unspecified atom stereocenters. The molecular weight excluding hydrogens is 362 g/mol.